The van der Waals surface area contributed by atoms with Crippen LogP contribution in [0, 0.1) is 11.8 Å². The molecule has 0 aromatic heterocycles. The van der Waals surface area contributed by atoms with Gasteiger partial charge in [-0.2, -0.15) is 0 Å². The lowest BCUT2D eigenvalue weighted by Gasteiger charge is -2.34. The summed E-state index contributed by atoms with van der Waals surface area (Å²) in [6.07, 6.45) is 16.9. The normalized spacial score (nSPS) is 33.0. The highest BCUT2D eigenvalue weighted by molar-refractivity contribution is 6.18. The largest absolute Gasteiger partial charge is 0.372 e. The van der Waals surface area contributed by atoms with Gasteiger partial charge in [-0.15, -0.1) is 11.6 Å². The SMILES string of the molecule is ClCC(CC1CCC2(CCCCC2)O1)C1CCCC1. The van der Waals surface area contributed by atoms with E-state index in [9.17, 15) is 0 Å². The van der Waals surface area contributed by atoms with E-state index in [4.69, 9.17) is 16.3 Å². The third-order valence-electron chi connectivity index (χ3n) is 5.93. The Kier molecular flexibility index (Phi) is 4.74. The fraction of sp³-hybridized carbons (Fsp3) is 1.00. The Morgan fingerprint density at radius 2 is 1.68 bits per heavy atom. The quantitative estimate of drug-likeness (QED) is 0.636. The molecule has 2 unspecified atom stereocenters. The average molecular weight is 285 g/mol. The Bertz CT molecular complexity index is 279. The molecule has 1 aliphatic heterocycles. The van der Waals surface area contributed by atoms with Crippen molar-refractivity contribution < 1.29 is 4.74 Å². The molecule has 2 saturated carbocycles. The lowest BCUT2D eigenvalue weighted by atomic mass is 9.82. The number of hydrogen-bond donors (Lipinski definition) is 0. The van der Waals surface area contributed by atoms with Crippen LogP contribution in [0.25, 0.3) is 0 Å². The Morgan fingerprint density at radius 3 is 2.37 bits per heavy atom. The van der Waals surface area contributed by atoms with Crippen LogP contribution in [-0.4, -0.2) is 17.6 Å². The maximum Gasteiger partial charge on any atom is 0.0687 e. The molecule has 1 spiro atoms. The molecule has 0 aromatic rings. The van der Waals surface area contributed by atoms with E-state index in [2.05, 4.69) is 0 Å². The maximum atomic E-state index is 6.52. The van der Waals surface area contributed by atoms with Gasteiger partial charge < -0.3 is 4.74 Å². The summed E-state index contributed by atoms with van der Waals surface area (Å²) in [6, 6.07) is 0. The van der Waals surface area contributed by atoms with Crippen molar-refractivity contribution in [3.05, 3.63) is 0 Å². The van der Waals surface area contributed by atoms with Crippen molar-refractivity contribution in [2.45, 2.75) is 88.8 Å². The van der Waals surface area contributed by atoms with Gasteiger partial charge in [0.25, 0.3) is 0 Å². The van der Waals surface area contributed by atoms with Crippen molar-refractivity contribution >= 4 is 11.6 Å². The molecule has 1 nitrogen and oxygen atoms in total. The first-order valence-electron chi connectivity index (χ1n) is 8.55. The van der Waals surface area contributed by atoms with E-state index in [1.807, 2.05) is 0 Å². The van der Waals surface area contributed by atoms with Crippen LogP contribution in [0.2, 0.25) is 0 Å². The van der Waals surface area contributed by atoms with Crippen LogP contribution >= 0.6 is 11.6 Å². The molecule has 2 atom stereocenters. The molecule has 110 valence electrons. The fourth-order valence-corrected chi connectivity index (χ4v) is 5.15. The fourth-order valence-electron chi connectivity index (χ4n) is 4.77. The molecule has 3 aliphatic rings. The van der Waals surface area contributed by atoms with Crippen LogP contribution in [-0.2, 0) is 4.74 Å². The molecule has 0 amide bonds. The van der Waals surface area contributed by atoms with Crippen molar-refractivity contribution in [1.82, 2.24) is 0 Å². The summed E-state index contributed by atoms with van der Waals surface area (Å²) in [5.74, 6) is 2.45. The van der Waals surface area contributed by atoms with Crippen molar-refractivity contribution in [3.63, 3.8) is 0 Å². The molecule has 1 saturated heterocycles. The maximum absolute atomic E-state index is 6.52. The number of ether oxygens (including phenoxy) is 1. The second-order valence-electron chi connectivity index (χ2n) is 7.22. The van der Waals surface area contributed by atoms with Crippen molar-refractivity contribution in [1.29, 1.82) is 0 Å². The minimum Gasteiger partial charge on any atom is -0.372 e. The first-order valence-corrected chi connectivity index (χ1v) is 9.09. The van der Waals surface area contributed by atoms with Crippen molar-refractivity contribution in [3.8, 4) is 0 Å². The highest BCUT2D eigenvalue weighted by Crippen LogP contribution is 2.44. The minimum atomic E-state index is 0.287. The molecule has 0 N–H and O–H groups in total. The summed E-state index contributed by atoms with van der Waals surface area (Å²) in [6.45, 7) is 0. The lowest BCUT2D eigenvalue weighted by Crippen LogP contribution is -2.32. The molecule has 0 bridgehead atoms. The van der Waals surface area contributed by atoms with E-state index in [0.717, 1.165) is 11.8 Å². The highest BCUT2D eigenvalue weighted by atomic mass is 35.5. The third kappa shape index (κ3) is 3.29. The van der Waals surface area contributed by atoms with Crippen LogP contribution in [0.1, 0.15) is 77.0 Å². The Morgan fingerprint density at radius 1 is 0.947 bits per heavy atom. The van der Waals surface area contributed by atoms with E-state index >= 15 is 0 Å². The van der Waals surface area contributed by atoms with Gasteiger partial charge in [0.1, 0.15) is 0 Å². The van der Waals surface area contributed by atoms with E-state index in [-0.39, 0.29) is 5.60 Å². The van der Waals surface area contributed by atoms with Crippen LogP contribution in [0.3, 0.4) is 0 Å². The van der Waals surface area contributed by atoms with Gasteiger partial charge in [-0.1, -0.05) is 44.9 Å². The van der Waals surface area contributed by atoms with Gasteiger partial charge >= 0.3 is 0 Å². The smallest absolute Gasteiger partial charge is 0.0687 e. The molecule has 0 radical (unpaired) electrons. The van der Waals surface area contributed by atoms with Crippen LogP contribution in [0.15, 0.2) is 0 Å². The zero-order valence-electron chi connectivity index (χ0n) is 12.2. The zero-order chi connectivity index (χ0) is 13.1. The highest BCUT2D eigenvalue weighted by Gasteiger charge is 2.41. The van der Waals surface area contributed by atoms with Gasteiger partial charge in [0, 0.05) is 5.88 Å². The molecule has 3 fully saturated rings. The van der Waals surface area contributed by atoms with Gasteiger partial charge in [0.15, 0.2) is 0 Å². The number of hydrogen-bond acceptors (Lipinski definition) is 1. The Balaban J connectivity index is 1.52. The molecule has 2 aliphatic carbocycles. The molecule has 3 rings (SSSR count). The van der Waals surface area contributed by atoms with Crippen LogP contribution in [0.4, 0.5) is 0 Å². The molecule has 1 heterocycles. The van der Waals surface area contributed by atoms with Crippen LogP contribution in [0.5, 0.6) is 0 Å². The second-order valence-corrected chi connectivity index (χ2v) is 7.53. The summed E-state index contributed by atoms with van der Waals surface area (Å²) < 4.78 is 6.52. The van der Waals surface area contributed by atoms with Gasteiger partial charge in [0.05, 0.1) is 11.7 Å². The minimum absolute atomic E-state index is 0.287. The number of halogens is 1. The van der Waals surface area contributed by atoms with Crippen molar-refractivity contribution in [2.24, 2.45) is 11.8 Å². The summed E-state index contributed by atoms with van der Waals surface area (Å²) in [5, 5.41) is 0. The Labute approximate surface area is 123 Å². The molecule has 2 heteroatoms. The lowest BCUT2D eigenvalue weighted by molar-refractivity contribution is -0.0709. The van der Waals surface area contributed by atoms with Crippen molar-refractivity contribution in [2.75, 3.05) is 5.88 Å². The first kappa shape index (κ1) is 14.2. The average Bonchev–Trinajstić information content (AvgIpc) is 3.08. The van der Waals surface area contributed by atoms with Gasteiger partial charge in [0.2, 0.25) is 0 Å². The van der Waals surface area contributed by atoms with Crippen LogP contribution < -0.4 is 0 Å². The predicted octanol–water partition coefficient (Wildman–Crippen LogP) is 5.30. The first-order chi connectivity index (χ1) is 9.31. The predicted molar refractivity (Wildman–Crippen MR) is 80.7 cm³/mol. The summed E-state index contributed by atoms with van der Waals surface area (Å²) in [7, 11) is 0. The topological polar surface area (TPSA) is 9.23 Å². The molecular formula is C17H29ClO. The van der Waals surface area contributed by atoms with E-state index in [1.54, 1.807) is 0 Å². The summed E-state index contributed by atoms with van der Waals surface area (Å²) >= 11 is 6.25. The second kappa shape index (κ2) is 6.35. The zero-order valence-corrected chi connectivity index (χ0v) is 13.0. The third-order valence-corrected chi connectivity index (χ3v) is 6.33. The van der Waals surface area contributed by atoms with Gasteiger partial charge in [-0.3, -0.25) is 0 Å². The number of rotatable bonds is 4. The molecule has 19 heavy (non-hydrogen) atoms. The summed E-state index contributed by atoms with van der Waals surface area (Å²) in [5.41, 5.74) is 0.287. The molecular weight excluding hydrogens is 256 g/mol. The van der Waals surface area contributed by atoms with E-state index in [0.29, 0.717) is 12.0 Å². The van der Waals surface area contributed by atoms with Gasteiger partial charge in [-0.25, -0.2) is 0 Å². The standard InChI is InChI=1S/C17H29ClO/c18-13-15(14-6-2-3-7-14)12-16-8-11-17(19-16)9-4-1-5-10-17/h14-16H,1-13H2. The Hall–Kier alpha value is 0.250. The monoisotopic (exact) mass is 284 g/mol. The summed E-state index contributed by atoms with van der Waals surface area (Å²) in [4.78, 5) is 0. The molecule has 0 aromatic carbocycles. The number of alkyl halides is 1. The van der Waals surface area contributed by atoms with E-state index in [1.165, 1.54) is 77.0 Å². The van der Waals surface area contributed by atoms with E-state index < -0.39 is 0 Å². The van der Waals surface area contributed by atoms with Gasteiger partial charge in [-0.05, 0) is 43.9 Å².